The fourth-order valence-electron chi connectivity index (χ4n) is 4.24. The minimum absolute atomic E-state index is 0.0229. The highest BCUT2D eigenvalue weighted by Gasteiger charge is 2.19. The van der Waals surface area contributed by atoms with Crippen molar-refractivity contribution < 1.29 is 14.3 Å². The van der Waals surface area contributed by atoms with Gasteiger partial charge in [-0.2, -0.15) is 0 Å². The molecule has 0 aliphatic heterocycles. The van der Waals surface area contributed by atoms with E-state index in [0.717, 1.165) is 11.3 Å². The van der Waals surface area contributed by atoms with Crippen LogP contribution in [0.15, 0.2) is 83.0 Å². The molecule has 0 fully saturated rings. The van der Waals surface area contributed by atoms with Gasteiger partial charge in [-0.15, -0.1) is 11.3 Å². The second kappa shape index (κ2) is 9.75. The molecule has 0 aliphatic rings. The number of carbonyl (C=O) groups excluding carboxylic acids is 2. The largest absolute Gasteiger partial charge is 0.458 e. The Kier molecular flexibility index (Phi) is 6.35. The monoisotopic (exact) mass is 497 g/mol. The molecule has 8 heteroatoms. The second-order valence-corrected chi connectivity index (χ2v) is 9.26. The van der Waals surface area contributed by atoms with Crippen LogP contribution in [-0.2, 0) is 27.5 Å². The van der Waals surface area contributed by atoms with E-state index in [4.69, 9.17) is 4.74 Å². The van der Waals surface area contributed by atoms with Crippen LogP contribution in [0.2, 0.25) is 0 Å². The van der Waals surface area contributed by atoms with Crippen LogP contribution in [0.25, 0.3) is 21.8 Å². The summed E-state index contributed by atoms with van der Waals surface area (Å²) in [6.45, 7) is 3.37. The summed E-state index contributed by atoms with van der Waals surface area (Å²) in [6, 6.07) is 22.1. The maximum Gasteiger partial charge on any atom is 0.326 e. The Balaban J connectivity index is 1.36. The lowest BCUT2D eigenvalue weighted by Crippen LogP contribution is -2.22. The van der Waals surface area contributed by atoms with Gasteiger partial charge in [0, 0.05) is 23.1 Å². The number of esters is 1. The van der Waals surface area contributed by atoms with Gasteiger partial charge in [-0.1, -0.05) is 36.4 Å². The van der Waals surface area contributed by atoms with E-state index in [1.807, 2.05) is 67.6 Å². The summed E-state index contributed by atoms with van der Waals surface area (Å²) in [5.74, 6) is -0.610. The zero-order valence-electron chi connectivity index (χ0n) is 19.8. The third kappa shape index (κ3) is 4.50. The van der Waals surface area contributed by atoms with Gasteiger partial charge in [0.15, 0.2) is 10.6 Å². The number of thiazole rings is 1. The van der Waals surface area contributed by atoms with Gasteiger partial charge in [0.05, 0.1) is 22.4 Å². The molecule has 2 heterocycles. The molecule has 0 saturated heterocycles. The predicted octanol–water partition coefficient (Wildman–Crippen LogP) is 5.35. The summed E-state index contributed by atoms with van der Waals surface area (Å²) < 4.78 is 7.34. The van der Waals surface area contributed by atoms with E-state index >= 15 is 0 Å². The number of benzene rings is 3. The summed E-state index contributed by atoms with van der Waals surface area (Å²) >= 11 is 1.31. The van der Waals surface area contributed by atoms with Crippen LogP contribution in [0.5, 0.6) is 0 Å². The molecule has 0 bridgehead atoms. The van der Waals surface area contributed by atoms with Crippen LogP contribution in [-0.4, -0.2) is 21.4 Å². The molecule has 7 nitrogen and oxygen atoms in total. The fourth-order valence-corrected chi connectivity index (χ4v) is 5.11. The number of fused-ring (bicyclic) bond motifs is 2. The van der Waals surface area contributed by atoms with Gasteiger partial charge >= 0.3 is 5.97 Å². The number of aryl methyl sites for hydroxylation is 1. The van der Waals surface area contributed by atoms with Crippen LogP contribution in [0.1, 0.15) is 18.2 Å². The molecule has 3 aromatic carbocycles. The van der Waals surface area contributed by atoms with Gasteiger partial charge in [0.2, 0.25) is 5.91 Å². The highest BCUT2D eigenvalue weighted by molar-refractivity contribution is 7.14. The Morgan fingerprint density at radius 2 is 1.64 bits per heavy atom. The van der Waals surface area contributed by atoms with E-state index in [0.29, 0.717) is 32.6 Å². The molecule has 180 valence electrons. The van der Waals surface area contributed by atoms with Gasteiger partial charge in [-0.3, -0.25) is 19.3 Å². The fraction of sp³-hybridized carbons (Fsp3) is 0.143. The molecular weight excluding hydrogens is 474 g/mol. The van der Waals surface area contributed by atoms with Gasteiger partial charge in [0.25, 0.3) is 0 Å². The normalized spacial score (nSPS) is 11.1. The van der Waals surface area contributed by atoms with Crippen molar-refractivity contribution in [2.75, 3.05) is 4.90 Å². The molecule has 5 aromatic rings. The number of rotatable bonds is 6. The average molecular weight is 498 g/mol. The van der Waals surface area contributed by atoms with Crippen molar-refractivity contribution in [1.29, 1.82) is 0 Å². The zero-order chi connectivity index (χ0) is 25.2. The first-order chi connectivity index (χ1) is 17.4. The lowest BCUT2D eigenvalue weighted by Gasteiger charge is -2.18. The Morgan fingerprint density at radius 1 is 0.972 bits per heavy atom. The quantitative estimate of drug-likeness (QED) is 0.233. The highest BCUT2D eigenvalue weighted by Crippen LogP contribution is 2.29. The second-order valence-electron chi connectivity index (χ2n) is 8.43. The zero-order valence-corrected chi connectivity index (χ0v) is 20.6. The molecule has 1 amide bonds. The van der Waals surface area contributed by atoms with E-state index in [-0.39, 0.29) is 24.5 Å². The van der Waals surface area contributed by atoms with Crippen molar-refractivity contribution in [3.05, 3.63) is 99.7 Å². The van der Waals surface area contributed by atoms with Crippen molar-refractivity contribution in [2.24, 2.45) is 0 Å². The number of nitrogens with zero attached hydrogens (tertiary/aromatic N) is 3. The predicted molar refractivity (Wildman–Crippen MR) is 142 cm³/mol. The molecule has 0 radical (unpaired) electrons. The number of hydrogen-bond donors (Lipinski definition) is 0. The van der Waals surface area contributed by atoms with Crippen LogP contribution in [0.3, 0.4) is 0 Å². The lowest BCUT2D eigenvalue weighted by molar-refractivity contribution is -0.145. The molecule has 2 aromatic heterocycles. The number of ether oxygens (including phenoxy) is 1. The maximum atomic E-state index is 12.9. The van der Waals surface area contributed by atoms with Crippen molar-refractivity contribution in [1.82, 2.24) is 9.55 Å². The number of pyridine rings is 1. The maximum absolute atomic E-state index is 12.9. The standard InChI is InChI=1S/C28H23N3O4S/c1-18-8-7-9-21(14-18)31(19(2)32)28-29-20(17-36-28)16-35-26(33)15-30-24-12-5-3-10-22(24)27(34)23-11-4-6-13-25(23)30/h3-14,17H,15-16H2,1-2H3. The van der Waals surface area contributed by atoms with E-state index in [1.165, 1.54) is 18.3 Å². The number of carbonyl (C=O) groups is 2. The van der Waals surface area contributed by atoms with Crippen molar-refractivity contribution in [3.63, 3.8) is 0 Å². The van der Waals surface area contributed by atoms with Crippen molar-refractivity contribution >= 4 is 55.8 Å². The molecule has 0 unspecified atom stereocenters. The van der Waals surface area contributed by atoms with Crippen molar-refractivity contribution in [2.45, 2.75) is 27.0 Å². The summed E-state index contributed by atoms with van der Waals surface area (Å²) in [5.41, 5.74) is 3.60. The highest BCUT2D eigenvalue weighted by atomic mass is 32.1. The smallest absolute Gasteiger partial charge is 0.326 e. The van der Waals surface area contributed by atoms with Crippen molar-refractivity contribution in [3.8, 4) is 0 Å². The number of para-hydroxylation sites is 2. The molecule has 0 atom stereocenters. The lowest BCUT2D eigenvalue weighted by atomic mass is 10.1. The molecule has 5 rings (SSSR count). The first-order valence-electron chi connectivity index (χ1n) is 11.4. The van der Waals surface area contributed by atoms with Crippen LogP contribution in [0.4, 0.5) is 10.8 Å². The van der Waals surface area contributed by atoms with Gasteiger partial charge < -0.3 is 9.30 Å². The molecule has 0 N–H and O–H groups in total. The van der Waals surface area contributed by atoms with Gasteiger partial charge in [0.1, 0.15) is 13.2 Å². The summed E-state index contributed by atoms with van der Waals surface area (Å²) in [7, 11) is 0. The number of amides is 1. The third-order valence-electron chi connectivity index (χ3n) is 5.85. The van der Waals surface area contributed by atoms with E-state index in [2.05, 4.69) is 4.98 Å². The number of hydrogen-bond acceptors (Lipinski definition) is 6. The Morgan fingerprint density at radius 3 is 2.28 bits per heavy atom. The van der Waals surface area contributed by atoms with E-state index in [1.54, 1.807) is 27.0 Å². The molecule has 0 saturated carbocycles. The summed E-state index contributed by atoms with van der Waals surface area (Å²) in [5, 5.41) is 3.39. The van der Waals surface area contributed by atoms with Gasteiger partial charge in [-0.25, -0.2) is 4.98 Å². The van der Waals surface area contributed by atoms with Crippen LogP contribution < -0.4 is 10.3 Å². The third-order valence-corrected chi connectivity index (χ3v) is 6.73. The van der Waals surface area contributed by atoms with E-state index in [9.17, 15) is 14.4 Å². The molecule has 36 heavy (non-hydrogen) atoms. The topological polar surface area (TPSA) is 81.5 Å². The minimum atomic E-state index is -0.453. The van der Waals surface area contributed by atoms with E-state index < -0.39 is 5.97 Å². The molecule has 0 spiro atoms. The first-order valence-corrected chi connectivity index (χ1v) is 12.3. The van der Waals surface area contributed by atoms with Crippen LogP contribution in [0, 0.1) is 6.92 Å². The SMILES string of the molecule is CC(=O)N(c1cccc(C)c1)c1nc(COC(=O)Cn2c3ccccc3c(=O)c3ccccc32)cs1. The Bertz CT molecular complexity index is 1610. The summed E-state index contributed by atoms with van der Waals surface area (Å²) in [6.07, 6.45) is 0. The number of aromatic nitrogens is 2. The summed E-state index contributed by atoms with van der Waals surface area (Å²) in [4.78, 5) is 44.2. The van der Waals surface area contributed by atoms with Crippen LogP contribution >= 0.6 is 11.3 Å². The minimum Gasteiger partial charge on any atom is -0.458 e. The average Bonchev–Trinajstić information content (AvgIpc) is 3.33. The first kappa shape index (κ1) is 23.4. The molecular formula is C28H23N3O4S. The number of anilines is 2. The Labute approximate surface area is 211 Å². The Hall–Kier alpha value is -4.30. The molecule has 0 aliphatic carbocycles. The van der Waals surface area contributed by atoms with Gasteiger partial charge in [-0.05, 0) is 48.9 Å².